The highest BCUT2D eigenvalue weighted by Gasteiger charge is 2.13. The first-order chi connectivity index (χ1) is 11.0. The van der Waals surface area contributed by atoms with E-state index in [-0.39, 0.29) is 12.5 Å². The maximum absolute atomic E-state index is 12.3. The van der Waals surface area contributed by atoms with E-state index in [1.54, 1.807) is 15.9 Å². The molecule has 2 heterocycles. The Bertz CT molecular complexity index is 893. The van der Waals surface area contributed by atoms with Gasteiger partial charge in [0.25, 0.3) is 0 Å². The van der Waals surface area contributed by atoms with E-state index < -0.39 is 0 Å². The van der Waals surface area contributed by atoms with Crippen molar-refractivity contribution in [2.24, 2.45) is 0 Å². The van der Waals surface area contributed by atoms with Crippen LogP contribution in [0.2, 0.25) is 0 Å². The molecule has 2 aromatic heterocycles. The molecule has 3 aromatic rings. The quantitative estimate of drug-likeness (QED) is 0.705. The lowest BCUT2D eigenvalue weighted by Crippen LogP contribution is -2.19. The number of thiophene rings is 1. The van der Waals surface area contributed by atoms with E-state index in [0.717, 1.165) is 16.1 Å². The second-order valence-electron chi connectivity index (χ2n) is 5.26. The third-order valence-corrected chi connectivity index (χ3v) is 4.77. The van der Waals surface area contributed by atoms with Crippen molar-refractivity contribution in [1.82, 2.24) is 14.8 Å². The van der Waals surface area contributed by atoms with Crippen molar-refractivity contribution >= 4 is 35.1 Å². The number of hydrogen-bond acceptors (Lipinski definition) is 4. The van der Waals surface area contributed by atoms with Crippen LogP contribution in [0.3, 0.4) is 0 Å². The Balaban J connectivity index is 1.79. The molecule has 0 atom stereocenters. The van der Waals surface area contributed by atoms with E-state index in [2.05, 4.69) is 15.5 Å². The Kier molecular flexibility index (Phi) is 4.40. The molecule has 0 bridgehead atoms. The van der Waals surface area contributed by atoms with E-state index in [0.29, 0.717) is 10.6 Å². The van der Waals surface area contributed by atoms with Gasteiger partial charge < -0.3 is 5.32 Å². The van der Waals surface area contributed by atoms with Crippen molar-refractivity contribution in [3.05, 3.63) is 51.6 Å². The zero-order valence-electron chi connectivity index (χ0n) is 12.8. The fraction of sp³-hybridized carbons (Fsp3) is 0.188. The third-order valence-electron chi connectivity index (χ3n) is 3.59. The largest absolute Gasteiger partial charge is 0.325 e. The van der Waals surface area contributed by atoms with Gasteiger partial charge in [-0.15, -0.1) is 11.3 Å². The van der Waals surface area contributed by atoms with Crippen LogP contribution in [0.4, 0.5) is 5.69 Å². The van der Waals surface area contributed by atoms with Crippen LogP contribution in [0.5, 0.6) is 0 Å². The van der Waals surface area contributed by atoms with Crippen LogP contribution in [0.15, 0.2) is 35.7 Å². The number of aryl methyl sites for hydroxylation is 2. The molecule has 118 valence electrons. The summed E-state index contributed by atoms with van der Waals surface area (Å²) in [5.74, 6) is 0.545. The van der Waals surface area contributed by atoms with Crippen LogP contribution in [0.25, 0.3) is 10.7 Å². The normalized spacial score (nSPS) is 10.7. The number of carbonyl (C=O) groups excluding carboxylic acids is 1. The molecule has 7 heteroatoms. The number of hydrogen-bond donors (Lipinski definition) is 2. The number of aromatic nitrogens is 3. The van der Waals surface area contributed by atoms with E-state index in [1.807, 2.05) is 49.6 Å². The molecule has 0 aliphatic rings. The molecule has 0 saturated carbocycles. The van der Waals surface area contributed by atoms with Crippen molar-refractivity contribution in [2.45, 2.75) is 20.4 Å². The van der Waals surface area contributed by atoms with Gasteiger partial charge in [-0.1, -0.05) is 12.1 Å². The maximum atomic E-state index is 12.3. The number of aromatic amines is 1. The van der Waals surface area contributed by atoms with E-state index >= 15 is 0 Å². The van der Waals surface area contributed by atoms with Gasteiger partial charge in [0.2, 0.25) is 5.91 Å². The molecule has 0 saturated heterocycles. The fourth-order valence-electron chi connectivity index (χ4n) is 2.22. The van der Waals surface area contributed by atoms with Crippen molar-refractivity contribution in [2.75, 3.05) is 5.32 Å². The summed E-state index contributed by atoms with van der Waals surface area (Å²) in [4.78, 5) is 13.3. The summed E-state index contributed by atoms with van der Waals surface area (Å²) in [6.45, 7) is 4.18. The first-order valence-corrected chi connectivity index (χ1v) is 8.39. The summed E-state index contributed by atoms with van der Waals surface area (Å²) < 4.78 is 2.14. The van der Waals surface area contributed by atoms with Gasteiger partial charge in [-0.3, -0.25) is 14.5 Å². The highest BCUT2D eigenvalue weighted by Crippen LogP contribution is 2.22. The number of carbonyl (C=O) groups is 1. The summed E-state index contributed by atoms with van der Waals surface area (Å²) in [7, 11) is 0. The van der Waals surface area contributed by atoms with Gasteiger partial charge in [0, 0.05) is 5.69 Å². The Morgan fingerprint density at radius 3 is 2.87 bits per heavy atom. The Hall–Kier alpha value is -2.25. The molecule has 0 radical (unpaired) electrons. The molecule has 1 amide bonds. The van der Waals surface area contributed by atoms with Gasteiger partial charge in [0.05, 0.1) is 4.88 Å². The smallest absolute Gasteiger partial charge is 0.244 e. The summed E-state index contributed by atoms with van der Waals surface area (Å²) in [6.07, 6.45) is 0. The van der Waals surface area contributed by atoms with E-state index in [1.165, 1.54) is 5.56 Å². The van der Waals surface area contributed by atoms with Gasteiger partial charge >= 0.3 is 0 Å². The highest BCUT2D eigenvalue weighted by molar-refractivity contribution is 7.71. The molecule has 2 N–H and O–H groups in total. The number of benzene rings is 1. The van der Waals surface area contributed by atoms with Gasteiger partial charge in [-0.25, -0.2) is 0 Å². The second-order valence-corrected chi connectivity index (χ2v) is 6.60. The molecule has 0 fully saturated rings. The Morgan fingerprint density at radius 1 is 1.35 bits per heavy atom. The molecule has 0 spiro atoms. The topological polar surface area (TPSA) is 62.7 Å². The van der Waals surface area contributed by atoms with Gasteiger partial charge in [-0.05, 0) is 60.8 Å². The minimum Gasteiger partial charge on any atom is -0.325 e. The van der Waals surface area contributed by atoms with Crippen LogP contribution in [0.1, 0.15) is 11.1 Å². The number of amides is 1. The van der Waals surface area contributed by atoms with Crippen LogP contribution < -0.4 is 5.32 Å². The molecular formula is C16H16N4OS2. The number of H-pyrrole nitrogens is 1. The number of nitrogens with one attached hydrogen (secondary N) is 2. The molecule has 23 heavy (non-hydrogen) atoms. The minimum atomic E-state index is -0.136. The first-order valence-electron chi connectivity index (χ1n) is 7.11. The molecule has 0 aliphatic heterocycles. The third kappa shape index (κ3) is 3.40. The Labute approximate surface area is 143 Å². The summed E-state index contributed by atoms with van der Waals surface area (Å²) in [5.41, 5.74) is 3.12. The zero-order chi connectivity index (χ0) is 16.4. The molecule has 3 rings (SSSR count). The number of rotatable bonds is 4. The SMILES string of the molecule is Cc1ccc(NC(=O)Cn2c(-c3cccs3)n[nH]c2=S)cc1C. The maximum Gasteiger partial charge on any atom is 0.244 e. The van der Waals surface area contributed by atoms with Crippen LogP contribution >= 0.6 is 23.6 Å². The predicted molar refractivity (Wildman–Crippen MR) is 95.3 cm³/mol. The van der Waals surface area contributed by atoms with Gasteiger partial charge in [-0.2, -0.15) is 5.10 Å². The van der Waals surface area contributed by atoms with Crippen LogP contribution in [0, 0.1) is 18.6 Å². The average Bonchev–Trinajstić information content (AvgIpc) is 3.14. The number of anilines is 1. The van der Waals surface area contributed by atoms with Gasteiger partial charge in [0.15, 0.2) is 10.6 Å². The number of nitrogens with zero attached hydrogens (tertiary/aromatic N) is 2. The average molecular weight is 344 g/mol. The highest BCUT2D eigenvalue weighted by atomic mass is 32.1. The Morgan fingerprint density at radius 2 is 2.17 bits per heavy atom. The first kappa shape index (κ1) is 15.6. The monoisotopic (exact) mass is 344 g/mol. The van der Waals surface area contributed by atoms with Gasteiger partial charge in [0.1, 0.15) is 6.54 Å². The lowest BCUT2D eigenvalue weighted by atomic mass is 10.1. The van der Waals surface area contributed by atoms with E-state index in [9.17, 15) is 4.79 Å². The summed E-state index contributed by atoms with van der Waals surface area (Å²) in [5, 5.41) is 11.8. The van der Waals surface area contributed by atoms with Crippen LogP contribution in [-0.2, 0) is 11.3 Å². The van der Waals surface area contributed by atoms with Crippen molar-refractivity contribution < 1.29 is 4.79 Å². The zero-order valence-corrected chi connectivity index (χ0v) is 14.4. The van der Waals surface area contributed by atoms with Crippen LogP contribution in [-0.4, -0.2) is 20.7 Å². The minimum absolute atomic E-state index is 0.121. The summed E-state index contributed by atoms with van der Waals surface area (Å²) in [6, 6.07) is 9.74. The summed E-state index contributed by atoms with van der Waals surface area (Å²) >= 11 is 6.79. The second kappa shape index (κ2) is 6.47. The van der Waals surface area contributed by atoms with Crippen molar-refractivity contribution in [3.63, 3.8) is 0 Å². The fourth-order valence-corrected chi connectivity index (χ4v) is 3.14. The molecular weight excluding hydrogens is 328 g/mol. The molecule has 0 unspecified atom stereocenters. The predicted octanol–water partition coefficient (Wildman–Crippen LogP) is 3.92. The standard InChI is InChI=1S/C16H16N4OS2/c1-10-5-6-12(8-11(10)2)17-14(21)9-20-15(18-19-16(20)22)13-4-3-7-23-13/h3-8H,9H2,1-2H3,(H,17,21)(H,19,22). The molecule has 5 nitrogen and oxygen atoms in total. The van der Waals surface area contributed by atoms with Crippen molar-refractivity contribution in [1.29, 1.82) is 0 Å². The molecule has 1 aromatic carbocycles. The molecule has 0 aliphatic carbocycles. The lowest BCUT2D eigenvalue weighted by Gasteiger charge is -2.09. The van der Waals surface area contributed by atoms with E-state index in [4.69, 9.17) is 12.2 Å². The van der Waals surface area contributed by atoms with Crippen molar-refractivity contribution in [3.8, 4) is 10.7 Å². The lowest BCUT2D eigenvalue weighted by molar-refractivity contribution is -0.116.